The molecule has 1 unspecified atom stereocenters. The molecule has 0 aliphatic rings. The Bertz CT molecular complexity index is 686. The normalized spacial score (nSPS) is 13.8. The third kappa shape index (κ3) is 3.84. The highest BCUT2D eigenvalue weighted by Gasteiger charge is 2.23. The van der Waals surface area contributed by atoms with Crippen LogP contribution in [0.4, 0.5) is 0 Å². The molecule has 23 heavy (non-hydrogen) atoms. The second kappa shape index (κ2) is 6.48. The van der Waals surface area contributed by atoms with Crippen molar-refractivity contribution in [1.29, 1.82) is 0 Å². The Morgan fingerprint density at radius 1 is 0.826 bits per heavy atom. The highest BCUT2D eigenvalue weighted by Crippen LogP contribution is 2.37. The van der Waals surface area contributed by atoms with Crippen LogP contribution < -0.4 is 0 Å². The van der Waals surface area contributed by atoms with E-state index in [2.05, 4.69) is 6.92 Å². The fourth-order valence-electron chi connectivity index (χ4n) is 2.99. The lowest BCUT2D eigenvalue weighted by Gasteiger charge is -2.26. The highest BCUT2D eigenvalue weighted by molar-refractivity contribution is 7.81. The highest BCUT2D eigenvalue weighted by atomic mass is 32.1. The average Bonchev–Trinajstić information content (AvgIpc) is 2.47. The number of phenolic OH excluding ortho intramolecular Hbond substituents is 2. The molecule has 2 aromatic rings. The van der Waals surface area contributed by atoms with Crippen LogP contribution in [0.15, 0.2) is 24.3 Å². The number of hydrogen-bond donors (Lipinski definition) is 3. The van der Waals surface area contributed by atoms with Crippen molar-refractivity contribution in [2.45, 2.75) is 52.2 Å². The van der Waals surface area contributed by atoms with E-state index in [-0.39, 0.29) is 4.75 Å². The molecule has 2 rings (SSSR count). The number of phenols is 2. The van der Waals surface area contributed by atoms with Gasteiger partial charge < -0.3 is 10.2 Å². The molecule has 0 saturated carbocycles. The first kappa shape index (κ1) is 17.7. The molecule has 0 amide bonds. The molecule has 124 valence electrons. The standard InChI is InChI=1S/C20H26O2S/c1-12-8-16(9-13(2)18(12)21)6-7-20(5,23)17-10-14(3)19(22)15(4)11-17/h8-11,21-23H,6-7H2,1-5H3. The summed E-state index contributed by atoms with van der Waals surface area (Å²) in [4.78, 5) is 0. The van der Waals surface area contributed by atoms with Crippen molar-refractivity contribution in [3.05, 3.63) is 57.6 Å². The maximum atomic E-state index is 9.94. The topological polar surface area (TPSA) is 40.5 Å². The van der Waals surface area contributed by atoms with Crippen LogP contribution in [0.2, 0.25) is 0 Å². The van der Waals surface area contributed by atoms with Crippen molar-refractivity contribution in [1.82, 2.24) is 0 Å². The van der Waals surface area contributed by atoms with Gasteiger partial charge in [0.15, 0.2) is 0 Å². The van der Waals surface area contributed by atoms with Gasteiger partial charge in [-0.25, -0.2) is 0 Å². The number of aryl methyl sites for hydroxylation is 5. The predicted octanol–water partition coefficient (Wildman–Crippen LogP) is 5.11. The van der Waals surface area contributed by atoms with Crippen LogP contribution in [0.3, 0.4) is 0 Å². The summed E-state index contributed by atoms with van der Waals surface area (Å²) >= 11 is 4.88. The molecule has 0 radical (unpaired) electrons. The Labute approximate surface area is 144 Å². The van der Waals surface area contributed by atoms with Crippen LogP contribution in [0, 0.1) is 27.7 Å². The molecule has 0 aliphatic carbocycles. The van der Waals surface area contributed by atoms with E-state index in [0.717, 1.165) is 40.7 Å². The smallest absolute Gasteiger partial charge is 0.121 e. The minimum Gasteiger partial charge on any atom is -0.507 e. The first-order valence-electron chi connectivity index (χ1n) is 7.94. The van der Waals surface area contributed by atoms with Gasteiger partial charge in [-0.15, -0.1) is 0 Å². The first-order chi connectivity index (χ1) is 10.6. The average molecular weight is 330 g/mol. The van der Waals surface area contributed by atoms with Gasteiger partial charge in [-0.3, -0.25) is 0 Å². The van der Waals surface area contributed by atoms with Gasteiger partial charge in [0.1, 0.15) is 11.5 Å². The van der Waals surface area contributed by atoms with Gasteiger partial charge in [0.2, 0.25) is 0 Å². The number of aromatic hydroxyl groups is 2. The largest absolute Gasteiger partial charge is 0.507 e. The molecule has 2 nitrogen and oxygen atoms in total. The van der Waals surface area contributed by atoms with E-state index in [9.17, 15) is 10.2 Å². The number of hydrogen-bond acceptors (Lipinski definition) is 3. The minimum absolute atomic E-state index is 0.275. The zero-order valence-electron chi connectivity index (χ0n) is 14.6. The summed E-state index contributed by atoms with van der Waals surface area (Å²) in [6.07, 6.45) is 1.77. The molecule has 0 heterocycles. The van der Waals surface area contributed by atoms with E-state index in [4.69, 9.17) is 12.6 Å². The van der Waals surface area contributed by atoms with Crippen molar-refractivity contribution in [3.63, 3.8) is 0 Å². The molecule has 0 aromatic heterocycles. The number of thiol groups is 1. The SMILES string of the molecule is Cc1cc(CCC(C)(S)c2cc(C)c(O)c(C)c2)cc(C)c1O. The van der Waals surface area contributed by atoms with Gasteiger partial charge in [-0.1, -0.05) is 24.3 Å². The van der Waals surface area contributed by atoms with Crippen LogP contribution in [-0.4, -0.2) is 10.2 Å². The molecule has 0 saturated heterocycles. The van der Waals surface area contributed by atoms with E-state index < -0.39 is 0 Å². The quantitative estimate of drug-likeness (QED) is 0.682. The van der Waals surface area contributed by atoms with Gasteiger partial charge in [0.05, 0.1) is 0 Å². The summed E-state index contributed by atoms with van der Waals surface area (Å²) < 4.78 is -0.275. The number of rotatable bonds is 4. The third-order valence-corrected chi connectivity index (χ3v) is 5.05. The molecule has 1 atom stereocenters. The third-order valence-electron chi connectivity index (χ3n) is 4.56. The zero-order valence-corrected chi connectivity index (χ0v) is 15.5. The Kier molecular flexibility index (Phi) is 5.00. The van der Waals surface area contributed by atoms with Crippen molar-refractivity contribution in [2.75, 3.05) is 0 Å². The molecule has 2 aromatic carbocycles. The fraction of sp³-hybridized carbons (Fsp3) is 0.400. The molecular formula is C20H26O2S. The van der Waals surface area contributed by atoms with Gasteiger partial charge >= 0.3 is 0 Å². The molecule has 0 bridgehead atoms. The van der Waals surface area contributed by atoms with Crippen LogP contribution in [0.25, 0.3) is 0 Å². The summed E-state index contributed by atoms with van der Waals surface area (Å²) in [6.45, 7) is 9.81. The lowest BCUT2D eigenvalue weighted by Crippen LogP contribution is -2.16. The van der Waals surface area contributed by atoms with Crippen molar-refractivity contribution in [2.24, 2.45) is 0 Å². The predicted molar refractivity (Wildman–Crippen MR) is 99.8 cm³/mol. The Morgan fingerprint density at radius 3 is 1.65 bits per heavy atom. The van der Waals surface area contributed by atoms with E-state index in [1.165, 1.54) is 5.56 Å². The summed E-state index contributed by atoms with van der Waals surface area (Å²) in [5.74, 6) is 0.745. The van der Waals surface area contributed by atoms with Gasteiger partial charge in [-0.05, 0) is 80.8 Å². The molecule has 3 heteroatoms. The van der Waals surface area contributed by atoms with Crippen molar-refractivity contribution in [3.8, 4) is 11.5 Å². The second-order valence-electron chi connectivity index (χ2n) is 6.81. The van der Waals surface area contributed by atoms with Crippen LogP contribution >= 0.6 is 12.6 Å². The van der Waals surface area contributed by atoms with Crippen LogP contribution in [-0.2, 0) is 11.2 Å². The monoisotopic (exact) mass is 330 g/mol. The van der Waals surface area contributed by atoms with Crippen LogP contribution in [0.5, 0.6) is 11.5 Å². The van der Waals surface area contributed by atoms with Crippen molar-refractivity contribution >= 4 is 12.6 Å². The molecule has 0 fully saturated rings. The number of benzene rings is 2. The lowest BCUT2D eigenvalue weighted by molar-refractivity contribution is 0.466. The van der Waals surface area contributed by atoms with E-state index in [1.54, 1.807) is 0 Å². The molecular weight excluding hydrogens is 304 g/mol. The summed E-state index contributed by atoms with van der Waals surface area (Å²) in [5.41, 5.74) is 5.94. The van der Waals surface area contributed by atoms with E-state index >= 15 is 0 Å². The zero-order chi connectivity index (χ0) is 17.4. The lowest BCUT2D eigenvalue weighted by atomic mass is 9.90. The Balaban J connectivity index is 2.22. The Morgan fingerprint density at radius 2 is 1.22 bits per heavy atom. The summed E-state index contributed by atoms with van der Waals surface area (Å²) in [7, 11) is 0. The summed E-state index contributed by atoms with van der Waals surface area (Å²) in [6, 6.07) is 8.12. The maximum Gasteiger partial charge on any atom is 0.121 e. The fourth-order valence-corrected chi connectivity index (χ4v) is 3.23. The Hall–Kier alpha value is -1.61. The maximum absolute atomic E-state index is 9.94. The van der Waals surface area contributed by atoms with Gasteiger partial charge in [0, 0.05) is 4.75 Å². The van der Waals surface area contributed by atoms with Crippen LogP contribution in [0.1, 0.15) is 46.7 Å². The minimum atomic E-state index is -0.275. The van der Waals surface area contributed by atoms with Gasteiger partial charge in [-0.2, -0.15) is 12.6 Å². The molecule has 0 spiro atoms. The van der Waals surface area contributed by atoms with Crippen molar-refractivity contribution < 1.29 is 10.2 Å². The molecule has 2 N–H and O–H groups in total. The second-order valence-corrected chi connectivity index (χ2v) is 7.80. The van der Waals surface area contributed by atoms with E-state index in [0.29, 0.717) is 11.5 Å². The first-order valence-corrected chi connectivity index (χ1v) is 8.38. The summed E-state index contributed by atoms with van der Waals surface area (Å²) in [5, 5.41) is 19.8. The molecule has 0 aliphatic heterocycles. The van der Waals surface area contributed by atoms with Gasteiger partial charge in [0.25, 0.3) is 0 Å². The van der Waals surface area contributed by atoms with E-state index in [1.807, 2.05) is 52.0 Å².